The number of carbonyl (C=O) groups is 1. The van der Waals surface area contributed by atoms with Crippen LogP contribution in [-0.2, 0) is 6.42 Å². The Labute approximate surface area is 140 Å². The summed E-state index contributed by atoms with van der Waals surface area (Å²) in [6.45, 7) is 2.09. The fourth-order valence-corrected chi connectivity index (χ4v) is 2.77. The van der Waals surface area contributed by atoms with Crippen molar-refractivity contribution in [1.29, 1.82) is 5.41 Å². The number of aromatic nitrogens is 1. The van der Waals surface area contributed by atoms with E-state index in [1.165, 1.54) is 5.56 Å². The molecule has 1 heterocycles. The zero-order valence-electron chi connectivity index (χ0n) is 13.3. The van der Waals surface area contributed by atoms with Crippen molar-refractivity contribution in [1.82, 2.24) is 10.3 Å². The number of nitrogens with zero attached hydrogens (tertiary/aromatic N) is 1. The van der Waals surface area contributed by atoms with E-state index in [1.54, 1.807) is 6.07 Å². The van der Waals surface area contributed by atoms with E-state index in [0.29, 0.717) is 5.56 Å². The molecular weight excluding hydrogens is 300 g/mol. The first-order chi connectivity index (χ1) is 11.6. The lowest BCUT2D eigenvalue weighted by Crippen LogP contribution is -2.35. The molecule has 24 heavy (non-hydrogen) atoms. The van der Waals surface area contributed by atoms with Gasteiger partial charge >= 0.3 is 0 Å². The lowest BCUT2D eigenvalue weighted by molar-refractivity contribution is 0.0978. The second kappa shape index (κ2) is 6.50. The maximum atomic E-state index is 12.4. The number of nitrogens with two attached hydrogens (primary N) is 1. The Bertz CT molecular complexity index is 934. The standard InChI is InChI=1S/C19H18N4O/c1-2-12-7-3-4-8-13(12)17-11-15(18(24)23-19(20)21)14-9-5-6-10-16(14)22-17/h3-11H,2H2,1H3,(H4,20,21,23,24). The van der Waals surface area contributed by atoms with Crippen molar-refractivity contribution in [2.75, 3.05) is 0 Å². The van der Waals surface area contributed by atoms with Crippen molar-refractivity contribution in [2.45, 2.75) is 13.3 Å². The van der Waals surface area contributed by atoms with Crippen molar-refractivity contribution in [2.24, 2.45) is 5.73 Å². The molecule has 0 aliphatic carbocycles. The summed E-state index contributed by atoms with van der Waals surface area (Å²) in [4.78, 5) is 17.2. The van der Waals surface area contributed by atoms with E-state index in [1.807, 2.05) is 42.5 Å². The lowest BCUT2D eigenvalue weighted by Gasteiger charge is -2.12. The third-order valence-electron chi connectivity index (χ3n) is 3.88. The zero-order valence-corrected chi connectivity index (χ0v) is 13.3. The van der Waals surface area contributed by atoms with Gasteiger partial charge < -0.3 is 5.73 Å². The summed E-state index contributed by atoms with van der Waals surface area (Å²) in [5, 5.41) is 10.4. The number of carbonyl (C=O) groups excluding carboxylic acids is 1. The van der Waals surface area contributed by atoms with Gasteiger partial charge in [-0.1, -0.05) is 49.4 Å². The molecule has 5 nitrogen and oxygen atoms in total. The summed E-state index contributed by atoms with van der Waals surface area (Å²) >= 11 is 0. The summed E-state index contributed by atoms with van der Waals surface area (Å²) < 4.78 is 0. The molecule has 0 saturated heterocycles. The molecule has 1 amide bonds. The number of para-hydroxylation sites is 1. The second-order valence-corrected chi connectivity index (χ2v) is 5.45. The van der Waals surface area contributed by atoms with E-state index in [4.69, 9.17) is 16.1 Å². The van der Waals surface area contributed by atoms with Gasteiger partial charge in [0.2, 0.25) is 0 Å². The van der Waals surface area contributed by atoms with E-state index >= 15 is 0 Å². The van der Waals surface area contributed by atoms with Crippen LogP contribution in [0.25, 0.3) is 22.2 Å². The first kappa shape index (κ1) is 15.7. The molecular formula is C19H18N4O. The second-order valence-electron chi connectivity index (χ2n) is 5.45. The predicted molar refractivity (Wildman–Crippen MR) is 95.9 cm³/mol. The molecule has 0 radical (unpaired) electrons. The van der Waals surface area contributed by atoms with Gasteiger partial charge in [-0.25, -0.2) is 4.98 Å². The van der Waals surface area contributed by atoms with Crippen LogP contribution in [0.5, 0.6) is 0 Å². The van der Waals surface area contributed by atoms with Crippen LogP contribution in [0, 0.1) is 5.41 Å². The third kappa shape index (κ3) is 2.96. The molecule has 4 N–H and O–H groups in total. The highest BCUT2D eigenvalue weighted by Gasteiger charge is 2.15. The minimum absolute atomic E-state index is 0.378. The SMILES string of the molecule is CCc1ccccc1-c1cc(C(=O)NC(=N)N)c2ccccc2n1. The average Bonchev–Trinajstić information content (AvgIpc) is 2.60. The number of benzene rings is 2. The molecule has 0 atom stereocenters. The smallest absolute Gasteiger partial charge is 0.258 e. The summed E-state index contributed by atoms with van der Waals surface area (Å²) in [6.07, 6.45) is 0.875. The number of pyridine rings is 1. The Morgan fingerprint density at radius 2 is 1.88 bits per heavy atom. The highest BCUT2D eigenvalue weighted by atomic mass is 16.1. The molecule has 1 aromatic heterocycles. The Morgan fingerprint density at radius 1 is 1.17 bits per heavy atom. The highest BCUT2D eigenvalue weighted by Crippen LogP contribution is 2.27. The number of amides is 1. The van der Waals surface area contributed by atoms with Crippen LogP contribution in [0.4, 0.5) is 0 Å². The first-order valence-electron chi connectivity index (χ1n) is 7.73. The van der Waals surface area contributed by atoms with Crippen molar-refractivity contribution >= 4 is 22.8 Å². The van der Waals surface area contributed by atoms with Crippen LogP contribution in [0.15, 0.2) is 54.6 Å². The third-order valence-corrected chi connectivity index (χ3v) is 3.88. The van der Waals surface area contributed by atoms with E-state index in [0.717, 1.165) is 28.6 Å². The van der Waals surface area contributed by atoms with Gasteiger partial charge in [-0.15, -0.1) is 0 Å². The summed E-state index contributed by atoms with van der Waals surface area (Å²) in [7, 11) is 0. The Balaban J connectivity index is 2.24. The Morgan fingerprint density at radius 3 is 2.62 bits per heavy atom. The average molecular weight is 318 g/mol. The topological polar surface area (TPSA) is 91.9 Å². The van der Waals surface area contributed by atoms with Crippen LogP contribution in [-0.4, -0.2) is 16.9 Å². The van der Waals surface area contributed by atoms with Gasteiger partial charge in [-0.3, -0.25) is 15.5 Å². The van der Waals surface area contributed by atoms with E-state index in [-0.39, 0.29) is 5.96 Å². The minimum atomic E-state index is -0.406. The molecule has 0 aliphatic rings. The first-order valence-corrected chi connectivity index (χ1v) is 7.73. The monoisotopic (exact) mass is 318 g/mol. The zero-order chi connectivity index (χ0) is 17.1. The summed E-state index contributed by atoms with van der Waals surface area (Å²) in [6, 6.07) is 17.2. The number of guanidine groups is 1. The van der Waals surface area contributed by atoms with Gasteiger partial charge in [-0.05, 0) is 24.1 Å². The Hall–Kier alpha value is -3.21. The van der Waals surface area contributed by atoms with Crippen molar-refractivity contribution in [3.8, 4) is 11.3 Å². The number of nitrogens with one attached hydrogen (secondary N) is 2. The van der Waals surface area contributed by atoms with E-state index < -0.39 is 5.91 Å². The molecule has 3 aromatic rings. The Kier molecular flexibility index (Phi) is 4.24. The number of aryl methyl sites for hydroxylation is 1. The number of hydrogen-bond acceptors (Lipinski definition) is 3. The quantitative estimate of drug-likeness (QED) is 0.512. The minimum Gasteiger partial charge on any atom is -0.370 e. The van der Waals surface area contributed by atoms with Gasteiger partial charge in [-0.2, -0.15) is 0 Å². The lowest BCUT2D eigenvalue weighted by atomic mass is 9.99. The maximum absolute atomic E-state index is 12.4. The number of fused-ring (bicyclic) bond motifs is 1. The maximum Gasteiger partial charge on any atom is 0.258 e. The van der Waals surface area contributed by atoms with Gasteiger partial charge in [0, 0.05) is 10.9 Å². The molecule has 0 aliphatic heterocycles. The molecule has 0 fully saturated rings. The van der Waals surface area contributed by atoms with Crippen molar-refractivity contribution in [3.05, 3.63) is 65.7 Å². The van der Waals surface area contributed by atoms with Crippen LogP contribution >= 0.6 is 0 Å². The van der Waals surface area contributed by atoms with Gasteiger partial charge in [0.05, 0.1) is 16.8 Å². The number of rotatable bonds is 3. The van der Waals surface area contributed by atoms with Gasteiger partial charge in [0.15, 0.2) is 5.96 Å². The molecule has 0 saturated carbocycles. The molecule has 2 aromatic carbocycles. The molecule has 120 valence electrons. The molecule has 5 heteroatoms. The molecule has 3 rings (SSSR count). The van der Waals surface area contributed by atoms with Gasteiger partial charge in [0.25, 0.3) is 5.91 Å². The molecule has 0 spiro atoms. The molecule has 0 bridgehead atoms. The van der Waals surface area contributed by atoms with Crippen LogP contribution in [0.1, 0.15) is 22.8 Å². The number of hydrogen-bond donors (Lipinski definition) is 3. The highest BCUT2D eigenvalue weighted by molar-refractivity contribution is 6.12. The summed E-state index contributed by atoms with van der Waals surface area (Å²) in [5.74, 6) is -0.785. The molecule has 0 unspecified atom stereocenters. The van der Waals surface area contributed by atoms with Crippen LogP contribution < -0.4 is 11.1 Å². The van der Waals surface area contributed by atoms with Gasteiger partial charge in [0.1, 0.15) is 0 Å². The van der Waals surface area contributed by atoms with E-state index in [9.17, 15) is 4.79 Å². The van der Waals surface area contributed by atoms with Crippen molar-refractivity contribution in [3.63, 3.8) is 0 Å². The van der Waals surface area contributed by atoms with Crippen LogP contribution in [0.2, 0.25) is 0 Å². The van der Waals surface area contributed by atoms with E-state index in [2.05, 4.69) is 18.3 Å². The van der Waals surface area contributed by atoms with Crippen molar-refractivity contribution < 1.29 is 4.79 Å². The van der Waals surface area contributed by atoms with Crippen LogP contribution in [0.3, 0.4) is 0 Å². The normalized spacial score (nSPS) is 10.5. The fourth-order valence-electron chi connectivity index (χ4n) is 2.77. The fraction of sp³-hybridized carbons (Fsp3) is 0.105. The predicted octanol–water partition coefficient (Wildman–Crippen LogP) is 3.09. The summed E-state index contributed by atoms with van der Waals surface area (Å²) in [5.41, 5.74) is 9.40. The largest absolute Gasteiger partial charge is 0.370 e.